The Hall–Kier alpha value is -2.27. The number of cyclic esters (lactones) is 2. The topological polar surface area (TPSA) is 145 Å². The second-order valence-corrected chi connectivity index (χ2v) is 16.2. The van der Waals surface area contributed by atoms with Crippen LogP contribution in [0.4, 0.5) is 0 Å². The van der Waals surface area contributed by atoms with Crippen LogP contribution in [-0.2, 0) is 39.8 Å². The molecular formula is C36H50O10. The quantitative estimate of drug-likeness (QED) is 0.292. The third-order valence-electron chi connectivity index (χ3n) is 13.4. The first-order chi connectivity index (χ1) is 21.7. The van der Waals surface area contributed by atoms with Crippen LogP contribution in [0, 0.1) is 39.9 Å². The number of ether oxygens (including phenoxy) is 4. The largest absolute Gasteiger partial charge is 0.469 e. The van der Waals surface area contributed by atoms with E-state index in [4.69, 9.17) is 23.4 Å². The number of carbonyl (C=O) groups excluding carboxylic acids is 3. The summed E-state index contributed by atoms with van der Waals surface area (Å²) in [6, 6.07) is 1.84. The zero-order valence-electron chi connectivity index (χ0n) is 28.0. The minimum absolute atomic E-state index is 0.00118. The normalized spacial score (nSPS) is 46.4. The second-order valence-electron chi connectivity index (χ2n) is 16.2. The molecule has 12 atom stereocenters. The number of ketones is 1. The molecule has 4 saturated heterocycles. The van der Waals surface area contributed by atoms with Gasteiger partial charge in [-0.1, -0.05) is 41.0 Å². The number of furan rings is 1. The third-order valence-corrected chi connectivity index (χ3v) is 13.4. The number of aliphatic hydroxyl groups excluding tert-OH is 2. The lowest BCUT2D eigenvalue weighted by atomic mass is 9.36. The van der Waals surface area contributed by atoms with Gasteiger partial charge in [0.1, 0.15) is 30.2 Å². The zero-order chi connectivity index (χ0) is 33.0. The molecule has 12 unspecified atom stereocenters. The summed E-state index contributed by atoms with van der Waals surface area (Å²) < 4.78 is 31.4. The van der Waals surface area contributed by atoms with Crippen molar-refractivity contribution in [3.8, 4) is 0 Å². The molecule has 2 saturated carbocycles. The summed E-state index contributed by atoms with van der Waals surface area (Å²) in [6.07, 6.45) is 2.89. The molecule has 46 heavy (non-hydrogen) atoms. The molecule has 2 spiro atoms. The monoisotopic (exact) mass is 642 g/mol. The average molecular weight is 643 g/mol. The summed E-state index contributed by atoms with van der Waals surface area (Å²) in [5.74, 6) is -1.12. The van der Waals surface area contributed by atoms with E-state index in [0.29, 0.717) is 37.4 Å². The number of hydrogen-bond donors (Lipinski definition) is 2. The fourth-order valence-corrected chi connectivity index (χ4v) is 11.4. The van der Waals surface area contributed by atoms with Crippen LogP contribution in [0.3, 0.4) is 0 Å². The van der Waals surface area contributed by atoms with E-state index in [1.54, 1.807) is 6.26 Å². The molecule has 2 N–H and O–H groups in total. The summed E-state index contributed by atoms with van der Waals surface area (Å²) in [6.45, 7) is 12.3. The lowest BCUT2D eigenvalue weighted by Crippen LogP contribution is -2.76. The van der Waals surface area contributed by atoms with Gasteiger partial charge in [0, 0.05) is 34.8 Å². The van der Waals surface area contributed by atoms with E-state index in [1.807, 2.05) is 19.9 Å². The van der Waals surface area contributed by atoms with E-state index >= 15 is 0 Å². The maximum absolute atomic E-state index is 14.8. The number of aliphatic hydroxyl groups is 2. The number of hydrogen-bond acceptors (Lipinski definition) is 10. The van der Waals surface area contributed by atoms with Crippen LogP contribution >= 0.6 is 0 Å². The minimum atomic E-state index is -1.42. The predicted octanol–water partition coefficient (Wildman–Crippen LogP) is 4.48. The molecule has 6 aliphatic rings. The van der Waals surface area contributed by atoms with Crippen LogP contribution in [0.5, 0.6) is 0 Å². The molecule has 0 radical (unpaired) electrons. The maximum Gasteiger partial charge on any atom is 0.339 e. The van der Waals surface area contributed by atoms with Crippen LogP contribution in [0.25, 0.3) is 0 Å². The molecule has 7 rings (SSSR count). The molecule has 6 fully saturated rings. The van der Waals surface area contributed by atoms with Crippen molar-refractivity contribution in [3.63, 3.8) is 0 Å². The Morgan fingerprint density at radius 2 is 1.83 bits per heavy atom. The van der Waals surface area contributed by atoms with Gasteiger partial charge in [-0.2, -0.15) is 0 Å². The van der Waals surface area contributed by atoms with Crippen molar-refractivity contribution < 1.29 is 48.0 Å². The summed E-state index contributed by atoms with van der Waals surface area (Å²) in [4.78, 5) is 41.3. The van der Waals surface area contributed by atoms with Crippen LogP contribution in [-0.4, -0.2) is 70.7 Å². The summed E-state index contributed by atoms with van der Waals surface area (Å²) in [7, 11) is 0. The Bertz CT molecular complexity index is 1420. The highest BCUT2D eigenvalue weighted by Crippen LogP contribution is 2.80. The Morgan fingerprint density at radius 1 is 1.07 bits per heavy atom. The summed E-state index contributed by atoms with van der Waals surface area (Å²) in [5, 5.41) is 22.4. The first kappa shape index (κ1) is 32.3. The standard InChI is InChI=1S/C36H50O10/c1-7-8-20(17-37)15-22-21(11-14-42-22)29-32(4)12-10-23-34(6,36(32)30(46-36)31(41)44-29)28(40)26(39)27-33(5,13-9-19(2)3)45-24-16-25(38)43-18-35(23,24)27/h11,14,19-20,23-24,27-30,37,40H,7-10,12-13,15-18H2,1-6H3. The van der Waals surface area contributed by atoms with E-state index in [2.05, 4.69) is 27.7 Å². The van der Waals surface area contributed by atoms with Crippen molar-refractivity contribution >= 4 is 17.7 Å². The van der Waals surface area contributed by atoms with Gasteiger partial charge in [0.05, 0.1) is 30.3 Å². The van der Waals surface area contributed by atoms with Crippen LogP contribution in [0.2, 0.25) is 0 Å². The van der Waals surface area contributed by atoms with E-state index in [-0.39, 0.29) is 43.2 Å². The summed E-state index contributed by atoms with van der Waals surface area (Å²) in [5.41, 5.74) is -4.18. The zero-order valence-corrected chi connectivity index (χ0v) is 28.0. The molecule has 0 aromatic carbocycles. The van der Waals surface area contributed by atoms with Gasteiger partial charge in [0.15, 0.2) is 11.9 Å². The molecule has 0 amide bonds. The van der Waals surface area contributed by atoms with Crippen molar-refractivity contribution in [1.29, 1.82) is 0 Å². The molecule has 10 nitrogen and oxygen atoms in total. The average Bonchev–Trinajstić information content (AvgIpc) is 3.56. The second kappa shape index (κ2) is 10.6. The smallest absolute Gasteiger partial charge is 0.339 e. The van der Waals surface area contributed by atoms with Crippen molar-refractivity contribution in [2.45, 2.75) is 129 Å². The molecule has 1 aromatic heterocycles. The van der Waals surface area contributed by atoms with Gasteiger partial charge in [-0.3, -0.25) is 9.59 Å². The SMILES string of the molecule is CCCC(CO)Cc1occc1C1OC(=O)C2OC23C1(C)CCC1C24COC(=O)CC2OC(C)(CCC(C)C)C4C(=O)C(O)C13C. The highest BCUT2D eigenvalue weighted by Gasteiger charge is 2.90. The minimum Gasteiger partial charge on any atom is -0.469 e. The molecule has 254 valence electrons. The fraction of sp³-hybridized carbons (Fsp3) is 0.806. The van der Waals surface area contributed by atoms with Crippen LogP contribution in [0.1, 0.15) is 104 Å². The number of fused-ring (bicyclic) bond motifs is 1. The van der Waals surface area contributed by atoms with E-state index in [0.717, 1.165) is 24.8 Å². The lowest BCUT2D eigenvalue weighted by Gasteiger charge is -2.66. The highest BCUT2D eigenvalue weighted by molar-refractivity contribution is 5.92. The van der Waals surface area contributed by atoms with E-state index < -0.39 is 63.8 Å². The Morgan fingerprint density at radius 3 is 2.52 bits per heavy atom. The predicted molar refractivity (Wildman–Crippen MR) is 163 cm³/mol. The van der Waals surface area contributed by atoms with Crippen molar-refractivity contribution in [2.24, 2.45) is 39.9 Å². The highest BCUT2D eigenvalue weighted by atomic mass is 16.7. The van der Waals surface area contributed by atoms with Crippen molar-refractivity contribution in [1.82, 2.24) is 0 Å². The molecule has 2 aliphatic carbocycles. The molecule has 10 heteroatoms. The molecule has 1 aromatic rings. The molecule has 4 aliphatic heterocycles. The van der Waals surface area contributed by atoms with Crippen LogP contribution < -0.4 is 0 Å². The Labute approximate surface area is 270 Å². The van der Waals surface area contributed by atoms with Gasteiger partial charge in [-0.05, 0) is 62.8 Å². The molecule has 5 heterocycles. The van der Waals surface area contributed by atoms with Gasteiger partial charge < -0.3 is 33.6 Å². The Kier molecular flexibility index (Phi) is 7.45. The van der Waals surface area contributed by atoms with Gasteiger partial charge >= 0.3 is 11.9 Å². The van der Waals surface area contributed by atoms with E-state index in [9.17, 15) is 24.6 Å². The first-order valence-corrected chi connectivity index (χ1v) is 17.4. The van der Waals surface area contributed by atoms with Gasteiger partial charge in [-0.25, -0.2) is 4.79 Å². The summed E-state index contributed by atoms with van der Waals surface area (Å²) >= 11 is 0. The number of rotatable bonds is 9. The number of Topliss-reactive ketones (excluding diaryl/α,β-unsaturated/α-hetero) is 1. The lowest BCUT2D eigenvalue weighted by molar-refractivity contribution is -0.252. The van der Waals surface area contributed by atoms with Gasteiger partial charge in [-0.15, -0.1) is 0 Å². The Balaban J connectivity index is 1.33. The third kappa shape index (κ3) is 3.93. The molecular weight excluding hydrogens is 592 g/mol. The number of esters is 2. The maximum atomic E-state index is 14.8. The van der Waals surface area contributed by atoms with E-state index in [1.165, 1.54) is 0 Å². The number of epoxide rings is 1. The van der Waals surface area contributed by atoms with Crippen LogP contribution in [0.15, 0.2) is 16.7 Å². The van der Waals surface area contributed by atoms with Gasteiger partial charge in [0.2, 0.25) is 0 Å². The van der Waals surface area contributed by atoms with Crippen molar-refractivity contribution in [2.75, 3.05) is 13.2 Å². The van der Waals surface area contributed by atoms with Crippen molar-refractivity contribution in [3.05, 3.63) is 23.7 Å². The first-order valence-electron chi connectivity index (χ1n) is 17.4. The molecule has 0 bridgehead atoms. The number of carbonyl (C=O) groups is 3. The van der Waals surface area contributed by atoms with Gasteiger partial charge in [0.25, 0.3) is 0 Å². The fourth-order valence-electron chi connectivity index (χ4n) is 11.4.